The minimum atomic E-state index is 0.133. The van der Waals surface area contributed by atoms with Crippen molar-refractivity contribution in [3.63, 3.8) is 0 Å². The largest absolute Gasteiger partial charge is 0.329 e. The van der Waals surface area contributed by atoms with Gasteiger partial charge >= 0.3 is 0 Å². The van der Waals surface area contributed by atoms with Crippen molar-refractivity contribution in [3.8, 4) is 5.69 Å². The van der Waals surface area contributed by atoms with Crippen molar-refractivity contribution in [2.24, 2.45) is 7.05 Å². The molecule has 2 aromatic heterocycles. The maximum Gasteiger partial charge on any atom is 0.175 e. The van der Waals surface area contributed by atoms with E-state index in [0.717, 1.165) is 27.8 Å². The third-order valence-corrected chi connectivity index (χ3v) is 5.94. The highest BCUT2D eigenvalue weighted by Crippen LogP contribution is 2.26. The van der Waals surface area contributed by atoms with Crippen LogP contribution in [0.2, 0.25) is 0 Å². The fourth-order valence-electron chi connectivity index (χ4n) is 2.89. The maximum absolute atomic E-state index is 12.7. The van der Waals surface area contributed by atoms with Crippen LogP contribution in [0.4, 0.5) is 0 Å². The van der Waals surface area contributed by atoms with Crippen molar-refractivity contribution in [2.75, 3.05) is 12.0 Å². The Bertz CT molecular complexity index is 911. The number of carbonyl (C=O) groups excluding carboxylic acids is 1. The van der Waals surface area contributed by atoms with Crippen LogP contribution in [0.1, 0.15) is 21.7 Å². The topological polar surface area (TPSA) is 39.8 Å². The minimum absolute atomic E-state index is 0.133. The lowest BCUT2D eigenvalue weighted by molar-refractivity contribution is 0.102. The molecule has 0 fully saturated rings. The Balaban J connectivity index is 1.86. The first-order chi connectivity index (χ1) is 12.0. The Labute approximate surface area is 156 Å². The van der Waals surface area contributed by atoms with Gasteiger partial charge in [-0.3, -0.25) is 4.79 Å². The molecule has 130 valence electrons. The molecule has 0 bridgehead atoms. The lowest BCUT2D eigenvalue weighted by Crippen LogP contribution is -2.06. The molecule has 4 nitrogen and oxygen atoms in total. The SMILES string of the molecule is CSc1cccc(-n2c(C)cc(C(=O)CSc3nccn3C)c2C)c1. The third kappa shape index (κ3) is 3.70. The summed E-state index contributed by atoms with van der Waals surface area (Å²) in [4.78, 5) is 18.2. The Kier molecular flexibility index (Phi) is 5.39. The number of rotatable bonds is 6. The number of Topliss-reactive ketones (excluding diaryl/α,β-unsaturated/α-hetero) is 1. The van der Waals surface area contributed by atoms with Crippen LogP contribution in [0.3, 0.4) is 0 Å². The van der Waals surface area contributed by atoms with Crippen LogP contribution in [0.25, 0.3) is 5.69 Å². The highest BCUT2D eigenvalue weighted by molar-refractivity contribution is 7.99. The van der Waals surface area contributed by atoms with Crippen molar-refractivity contribution in [3.05, 3.63) is 59.7 Å². The van der Waals surface area contributed by atoms with E-state index in [4.69, 9.17) is 0 Å². The van der Waals surface area contributed by atoms with Crippen LogP contribution in [-0.4, -0.2) is 31.9 Å². The molecule has 6 heteroatoms. The molecule has 0 atom stereocenters. The molecule has 0 radical (unpaired) electrons. The van der Waals surface area contributed by atoms with Crippen molar-refractivity contribution in [1.29, 1.82) is 0 Å². The van der Waals surface area contributed by atoms with Gasteiger partial charge in [0.25, 0.3) is 0 Å². The number of aromatic nitrogens is 3. The highest BCUT2D eigenvalue weighted by atomic mass is 32.2. The molecule has 3 aromatic rings. The summed E-state index contributed by atoms with van der Waals surface area (Å²) in [7, 11) is 1.93. The van der Waals surface area contributed by atoms with Gasteiger partial charge in [0.05, 0.1) is 5.75 Å². The van der Waals surface area contributed by atoms with Gasteiger partial charge in [-0.15, -0.1) is 11.8 Å². The number of hydrogen-bond donors (Lipinski definition) is 0. The normalized spacial score (nSPS) is 11.0. The standard InChI is InChI=1S/C19H21N3OS2/c1-13-10-17(18(23)12-25-19-20-8-9-21(19)3)14(2)22(13)15-6-5-7-16(11-15)24-4/h5-11H,12H2,1-4H3. The Hall–Kier alpha value is -1.92. The molecule has 0 unspecified atom stereocenters. The quantitative estimate of drug-likeness (QED) is 0.472. The summed E-state index contributed by atoms with van der Waals surface area (Å²) in [5.41, 5.74) is 3.94. The number of benzene rings is 1. The fraction of sp³-hybridized carbons (Fsp3) is 0.263. The average Bonchev–Trinajstić information content (AvgIpc) is 3.15. The molecule has 3 rings (SSSR count). The number of imidazole rings is 1. The Morgan fingerprint density at radius 2 is 2.04 bits per heavy atom. The van der Waals surface area contributed by atoms with E-state index in [9.17, 15) is 4.79 Å². The summed E-state index contributed by atoms with van der Waals surface area (Å²) in [5.74, 6) is 0.522. The van der Waals surface area contributed by atoms with Crippen LogP contribution in [0, 0.1) is 13.8 Å². The first-order valence-electron chi connectivity index (χ1n) is 7.98. The van der Waals surface area contributed by atoms with Gasteiger partial charge in [0.15, 0.2) is 10.9 Å². The number of thioether (sulfide) groups is 2. The van der Waals surface area contributed by atoms with Crippen LogP contribution in [0.15, 0.2) is 52.8 Å². The smallest absolute Gasteiger partial charge is 0.175 e. The van der Waals surface area contributed by atoms with Crippen LogP contribution >= 0.6 is 23.5 Å². The zero-order chi connectivity index (χ0) is 18.0. The lowest BCUT2D eigenvalue weighted by Gasteiger charge is -2.11. The van der Waals surface area contributed by atoms with E-state index in [1.165, 1.54) is 16.7 Å². The summed E-state index contributed by atoms with van der Waals surface area (Å²) in [6, 6.07) is 10.4. The Morgan fingerprint density at radius 3 is 2.72 bits per heavy atom. The van der Waals surface area contributed by atoms with E-state index in [2.05, 4.69) is 40.1 Å². The monoisotopic (exact) mass is 371 g/mol. The number of carbonyl (C=O) groups is 1. The molecule has 1 aromatic carbocycles. The predicted octanol–water partition coefficient (Wildman–Crippen LogP) is 4.52. The molecule has 0 N–H and O–H groups in total. The molecule has 0 aliphatic heterocycles. The van der Waals surface area contributed by atoms with Crippen molar-refractivity contribution >= 4 is 29.3 Å². The van der Waals surface area contributed by atoms with Crippen LogP contribution in [0.5, 0.6) is 0 Å². The highest BCUT2D eigenvalue weighted by Gasteiger charge is 2.17. The molecular formula is C19H21N3OS2. The molecule has 0 saturated carbocycles. The van der Waals surface area contributed by atoms with Gasteiger partial charge < -0.3 is 9.13 Å². The first kappa shape index (κ1) is 17.9. The summed E-state index contributed by atoms with van der Waals surface area (Å²) < 4.78 is 4.08. The Morgan fingerprint density at radius 1 is 1.24 bits per heavy atom. The summed E-state index contributed by atoms with van der Waals surface area (Å²) in [6.45, 7) is 4.05. The lowest BCUT2D eigenvalue weighted by atomic mass is 10.2. The first-order valence-corrected chi connectivity index (χ1v) is 10.2. The van der Waals surface area contributed by atoms with E-state index in [1.807, 2.05) is 37.7 Å². The van der Waals surface area contributed by atoms with E-state index in [-0.39, 0.29) is 5.78 Å². The summed E-state index contributed by atoms with van der Waals surface area (Å²) >= 11 is 3.19. The van der Waals surface area contributed by atoms with E-state index < -0.39 is 0 Å². The second kappa shape index (κ2) is 7.54. The van der Waals surface area contributed by atoms with Crippen molar-refractivity contribution in [1.82, 2.24) is 14.1 Å². The van der Waals surface area contributed by atoms with Gasteiger partial charge in [0, 0.05) is 47.0 Å². The van der Waals surface area contributed by atoms with E-state index >= 15 is 0 Å². The fourth-order valence-corrected chi connectivity index (χ4v) is 4.16. The molecule has 2 heterocycles. The molecule has 0 aliphatic rings. The van der Waals surface area contributed by atoms with E-state index in [1.54, 1.807) is 18.0 Å². The van der Waals surface area contributed by atoms with Gasteiger partial charge in [-0.2, -0.15) is 0 Å². The molecular weight excluding hydrogens is 350 g/mol. The van der Waals surface area contributed by atoms with Crippen LogP contribution in [-0.2, 0) is 7.05 Å². The zero-order valence-corrected chi connectivity index (χ0v) is 16.4. The predicted molar refractivity (Wildman–Crippen MR) is 105 cm³/mol. The summed E-state index contributed by atoms with van der Waals surface area (Å²) in [5, 5.41) is 0.856. The number of aryl methyl sites for hydroxylation is 2. The van der Waals surface area contributed by atoms with Gasteiger partial charge in [-0.25, -0.2) is 4.98 Å². The second-order valence-electron chi connectivity index (χ2n) is 5.85. The van der Waals surface area contributed by atoms with Gasteiger partial charge in [0.1, 0.15) is 0 Å². The molecule has 0 aliphatic carbocycles. The van der Waals surface area contributed by atoms with Gasteiger partial charge in [-0.1, -0.05) is 17.8 Å². The molecule has 25 heavy (non-hydrogen) atoms. The second-order valence-corrected chi connectivity index (χ2v) is 7.68. The molecule has 0 saturated heterocycles. The third-order valence-electron chi connectivity index (χ3n) is 4.15. The van der Waals surface area contributed by atoms with E-state index in [0.29, 0.717) is 5.75 Å². The average molecular weight is 372 g/mol. The maximum atomic E-state index is 12.7. The van der Waals surface area contributed by atoms with Gasteiger partial charge in [0.2, 0.25) is 0 Å². The van der Waals surface area contributed by atoms with Crippen molar-refractivity contribution in [2.45, 2.75) is 23.9 Å². The minimum Gasteiger partial charge on any atom is -0.329 e. The number of nitrogens with zero attached hydrogens (tertiary/aromatic N) is 3. The molecule has 0 spiro atoms. The van der Waals surface area contributed by atoms with Gasteiger partial charge in [-0.05, 0) is 44.4 Å². The zero-order valence-electron chi connectivity index (χ0n) is 14.8. The molecule has 0 amide bonds. The number of ketones is 1. The van der Waals surface area contributed by atoms with Crippen LogP contribution < -0.4 is 0 Å². The number of hydrogen-bond acceptors (Lipinski definition) is 4. The van der Waals surface area contributed by atoms with Crippen molar-refractivity contribution < 1.29 is 4.79 Å². The summed E-state index contributed by atoms with van der Waals surface area (Å²) in [6.07, 6.45) is 5.70.